The molecule has 0 N–H and O–H groups in total. The van der Waals surface area contributed by atoms with Crippen molar-refractivity contribution in [1.29, 1.82) is 0 Å². The molecule has 1 aliphatic heterocycles. The number of allylic oxidation sites excluding steroid dienone is 2. The molecule has 0 radical (unpaired) electrons. The molecule has 0 saturated carbocycles. The highest BCUT2D eigenvalue weighted by Gasteiger charge is 2.38. The summed E-state index contributed by atoms with van der Waals surface area (Å²) < 4.78 is 9.72. The van der Waals surface area contributed by atoms with E-state index in [0.717, 1.165) is 5.57 Å². The Bertz CT molecular complexity index is 261. The van der Waals surface area contributed by atoms with Gasteiger partial charge in [-0.3, -0.25) is 0 Å². The molecular weight excluding hydrogens is 156 g/mol. The summed E-state index contributed by atoms with van der Waals surface area (Å²) in [5.74, 6) is 0.514. The van der Waals surface area contributed by atoms with Crippen LogP contribution in [0.4, 0.5) is 4.79 Å². The maximum Gasteiger partial charge on any atom is 0.514 e. The molecule has 1 fully saturated rings. The van der Waals surface area contributed by atoms with Crippen molar-refractivity contribution in [3.63, 3.8) is 0 Å². The quantitative estimate of drug-likeness (QED) is 0.564. The van der Waals surface area contributed by atoms with E-state index in [-0.39, 0.29) is 0 Å². The second-order valence-corrected chi connectivity index (χ2v) is 3.32. The lowest BCUT2D eigenvalue weighted by molar-refractivity contribution is 0.0872. The molecule has 0 aromatic heterocycles. The first-order valence-electron chi connectivity index (χ1n) is 3.70. The number of ether oxygens (including phenoxy) is 2. The first kappa shape index (κ1) is 8.84. The van der Waals surface area contributed by atoms with Gasteiger partial charge in [-0.1, -0.05) is 12.2 Å². The average molecular weight is 168 g/mol. The molecule has 66 valence electrons. The third kappa shape index (κ3) is 1.67. The van der Waals surface area contributed by atoms with Gasteiger partial charge in [-0.05, 0) is 26.8 Å². The largest absolute Gasteiger partial charge is 0.514 e. The van der Waals surface area contributed by atoms with Gasteiger partial charge in [-0.25, -0.2) is 4.79 Å². The topological polar surface area (TPSA) is 35.5 Å². The molecule has 12 heavy (non-hydrogen) atoms. The molecule has 0 aromatic rings. The van der Waals surface area contributed by atoms with Gasteiger partial charge in [0, 0.05) is 0 Å². The van der Waals surface area contributed by atoms with Crippen molar-refractivity contribution < 1.29 is 14.3 Å². The zero-order valence-corrected chi connectivity index (χ0v) is 7.51. The van der Waals surface area contributed by atoms with Crippen molar-refractivity contribution in [3.8, 4) is 0 Å². The number of hydrogen-bond acceptors (Lipinski definition) is 3. The van der Waals surface area contributed by atoms with Gasteiger partial charge in [-0.2, -0.15) is 0 Å². The van der Waals surface area contributed by atoms with E-state index in [1.807, 2.05) is 6.92 Å². The molecule has 0 bridgehead atoms. The molecule has 0 amide bonds. The Morgan fingerprint density at radius 3 is 2.50 bits per heavy atom. The lowest BCUT2D eigenvalue weighted by atomic mass is 10.1. The van der Waals surface area contributed by atoms with Crippen molar-refractivity contribution >= 4 is 6.16 Å². The predicted molar refractivity (Wildman–Crippen MR) is 44.5 cm³/mol. The molecule has 1 heterocycles. The van der Waals surface area contributed by atoms with Crippen LogP contribution in [0.5, 0.6) is 0 Å². The van der Waals surface area contributed by atoms with E-state index < -0.39 is 11.8 Å². The molecule has 1 aliphatic rings. The summed E-state index contributed by atoms with van der Waals surface area (Å²) >= 11 is 0. The normalized spacial score (nSPS) is 23.6. The van der Waals surface area contributed by atoms with Crippen molar-refractivity contribution in [3.05, 3.63) is 24.0 Å². The highest BCUT2D eigenvalue weighted by atomic mass is 16.8. The lowest BCUT2D eigenvalue weighted by Crippen LogP contribution is -2.20. The van der Waals surface area contributed by atoms with Crippen LogP contribution >= 0.6 is 0 Å². The van der Waals surface area contributed by atoms with Gasteiger partial charge < -0.3 is 9.47 Å². The zero-order chi connectivity index (χ0) is 9.35. The minimum atomic E-state index is -0.657. The Hall–Kier alpha value is -1.25. The average Bonchev–Trinajstić information content (AvgIpc) is 2.04. The Balaban J connectivity index is 2.92. The molecule has 0 spiro atoms. The number of cyclic esters (lactones) is 2. The summed E-state index contributed by atoms with van der Waals surface area (Å²) in [4.78, 5) is 10.7. The van der Waals surface area contributed by atoms with Gasteiger partial charge in [0.15, 0.2) is 11.4 Å². The number of carbonyl (C=O) groups excluding carboxylic acids is 1. The Kier molecular flexibility index (Phi) is 1.96. The van der Waals surface area contributed by atoms with Gasteiger partial charge in [0.2, 0.25) is 0 Å². The fourth-order valence-corrected chi connectivity index (χ4v) is 0.919. The SMILES string of the molecule is C=C(C)C=C1OC(=O)OC1(C)C. The Morgan fingerprint density at radius 1 is 1.58 bits per heavy atom. The summed E-state index contributed by atoms with van der Waals surface area (Å²) in [6.45, 7) is 9.06. The Morgan fingerprint density at radius 2 is 2.17 bits per heavy atom. The Labute approximate surface area is 71.7 Å². The standard InChI is InChI=1S/C9H12O3/c1-6(2)5-7-9(3,4)12-8(10)11-7/h5H,1H2,2-4H3. The maximum atomic E-state index is 10.7. The van der Waals surface area contributed by atoms with Crippen LogP contribution in [0.1, 0.15) is 20.8 Å². The van der Waals surface area contributed by atoms with E-state index in [2.05, 4.69) is 6.58 Å². The number of rotatable bonds is 1. The van der Waals surface area contributed by atoms with Crippen molar-refractivity contribution in [2.24, 2.45) is 0 Å². The van der Waals surface area contributed by atoms with Crippen LogP contribution in [0.15, 0.2) is 24.0 Å². The molecule has 0 atom stereocenters. The summed E-state index contributed by atoms with van der Waals surface area (Å²) in [7, 11) is 0. The summed E-state index contributed by atoms with van der Waals surface area (Å²) in [5, 5.41) is 0. The second kappa shape index (κ2) is 2.66. The summed E-state index contributed by atoms with van der Waals surface area (Å²) in [5.41, 5.74) is 0.173. The van der Waals surface area contributed by atoms with E-state index in [4.69, 9.17) is 9.47 Å². The fourth-order valence-electron chi connectivity index (χ4n) is 0.919. The second-order valence-electron chi connectivity index (χ2n) is 3.32. The molecule has 0 unspecified atom stereocenters. The minimum Gasteiger partial charge on any atom is -0.420 e. The van der Waals surface area contributed by atoms with Crippen LogP contribution in [-0.4, -0.2) is 11.8 Å². The number of carbonyl (C=O) groups is 1. The van der Waals surface area contributed by atoms with Crippen LogP contribution in [-0.2, 0) is 9.47 Å². The van der Waals surface area contributed by atoms with E-state index in [1.54, 1.807) is 19.9 Å². The highest BCUT2D eigenvalue weighted by molar-refractivity contribution is 5.66. The highest BCUT2D eigenvalue weighted by Crippen LogP contribution is 2.30. The van der Waals surface area contributed by atoms with E-state index >= 15 is 0 Å². The van der Waals surface area contributed by atoms with Crippen LogP contribution in [0, 0.1) is 0 Å². The first-order valence-corrected chi connectivity index (χ1v) is 3.70. The van der Waals surface area contributed by atoms with Crippen molar-refractivity contribution in [1.82, 2.24) is 0 Å². The predicted octanol–water partition coefficient (Wildman–Crippen LogP) is 2.39. The zero-order valence-electron chi connectivity index (χ0n) is 7.51. The van der Waals surface area contributed by atoms with Crippen molar-refractivity contribution in [2.75, 3.05) is 0 Å². The fraction of sp³-hybridized carbons (Fsp3) is 0.444. The molecule has 1 saturated heterocycles. The molecule has 3 heteroatoms. The third-order valence-corrected chi connectivity index (χ3v) is 1.50. The molecule has 0 aromatic carbocycles. The van der Waals surface area contributed by atoms with Crippen LogP contribution in [0.25, 0.3) is 0 Å². The third-order valence-electron chi connectivity index (χ3n) is 1.50. The molecule has 0 aliphatic carbocycles. The molecule has 1 rings (SSSR count). The van der Waals surface area contributed by atoms with E-state index in [9.17, 15) is 4.79 Å². The van der Waals surface area contributed by atoms with Crippen molar-refractivity contribution in [2.45, 2.75) is 26.4 Å². The monoisotopic (exact) mass is 168 g/mol. The lowest BCUT2D eigenvalue weighted by Gasteiger charge is -2.13. The van der Waals surface area contributed by atoms with Gasteiger partial charge >= 0.3 is 6.16 Å². The van der Waals surface area contributed by atoms with Crippen LogP contribution < -0.4 is 0 Å². The maximum absolute atomic E-state index is 10.7. The van der Waals surface area contributed by atoms with Gasteiger partial charge in [0.05, 0.1) is 0 Å². The van der Waals surface area contributed by atoms with Crippen LogP contribution in [0.3, 0.4) is 0 Å². The minimum absolute atomic E-state index is 0.514. The van der Waals surface area contributed by atoms with Gasteiger partial charge in [-0.15, -0.1) is 0 Å². The number of hydrogen-bond donors (Lipinski definition) is 0. The molecular formula is C9H12O3. The van der Waals surface area contributed by atoms with E-state index in [0.29, 0.717) is 5.76 Å². The summed E-state index contributed by atoms with van der Waals surface area (Å²) in [6, 6.07) is 0. The van der Waals surface area contributed by atoms with Crippen LogP contribution in [0.2, 0.25) is 0 Å². The summed E-state index contributed by atoms with van der Waals surface area (Å²) in [6.07, 6.45) is 1.05. The smallest absolute Gasteiger partial charge is 0.420 e. The molecule has 3 nitrogen and oxygen atoms in total. The van der Waals surface area contributed by atoms with E-state index in [1.165, 1.54) is 0 Å². The van der Waals surface area contributed by atoms with Gasteiger partial charge in [0.1, 0.15) is 0 Å². The first-order chi connectivity index (χ1) is 5.42. The van der Waals surface area contributed by atoms with Gasteiger partial charge in [0.25, 0.3) is 0 Å².